The molecule has 0 heterocycles. The van der Waals surface area contributed by atoms with E-state index in [2.05, 4.69) is 15.9 Å². The van der Waals surface area contributed by atoms with Crippen LogP contribution in [-0.2, 0) is 6.61 Å². The average molecular weight is 321 g/mol. The van der Waals surface area contributed by atoms with Gasteiger partial charge in [-0.2, -0.15) is 0 Å². The molecule has 0 spiro atoms. The van der Waals surface area contributed by atoms with E-state index < -0.39 is 0 Å². The second-order valence-corrected chi connectivity index (χ2v) is 4.91. The van der Waals surface area contributed by atoms with Crippen molar-refractivity contribution in [2.45, 2.75) is 13.0 Å². The highest BCUT2D eigenvalue weighted by Crippen LogP contribution is 2.27. The van der Waals surface area contributed by atoms with Crippen molar-refractivity contribution in [2.75, 3.05) is 11.9 Å². The maximum absolute atomic E-state index is 5.82. The van der Waals surface area contributed by atoms with Gasteiger partial charge >= 0.3 is 0 Å². The predicted octanol–water partition coefficient (Wildman–Crippen LogP) is 4.43. The predicted molar refractivity (Wildman–Crippen MR) is 81.1 cm³/mol. The first-order valence-electron chi connectivity index (χ1n) is 6.34. The molecule has 0 saturated carbocycles. The lowest BCUT2D eigenvalue weighted by molar-refractivity contribution is 0.262. The summed E-state index contributed by atoms with van der Waals surface area (Å²) in [6.45, 7) is 1.25. The van der Waals surface area contributed by atoms with Gasteiger partial charge in [-0.1, -0.05) is 58.4 Å². The average Bonchev–Trinajstić information content (AvgIpc) is 2.48. The molecule has 100 valence electrons. The van der Waals surface area contributed by atoms with Crippen molar-refractivity contribution in [3.63, 3.8) is 0 Å². The van der Waals surface area contributed by atoms with Crippen molar-refractivity contribution in [2.24, 2.45) is 0 Å². The van der Waals surface area contributed by atoms with Crippen LogP contribution in [0.1, 0.15) is 12.0 Å². The highest BCUT2D eigenvalue weighted by molar-refractivity contribution is 9.09. The lowest BCUT2D eigenvalue weighted by Crippen LogP contribution is -2.01. The van der Waals surface area contributed by atoms with Gasteiger partial charge in [-0.15, -0.1) is 0 Å². The SMILES string of the molecule is BrCCCOc1ccccc1OCc1ccccc1. The van der Waals surface area contributed by atoms with Crippen LogP contribution in [0.2, 0.25) is 0 Å². The molecule has 0 aliphatic heterocycles. The fourth-order valence-electron chi connectivity index (χ4n) is 1.66. The summed E-state index contributed by atoms with van der Waals surface area (Å²) in [7, 11) is 0. The Balaban J connectivity index is 1.95. The van der Waals surface area contributed by atoms with Crippen molar-refractivity contribution < 1.29 is 9.47 Å². The number of halogens is 1. The van der Waals surface area contributed by atoms with Crippen molar-refractivity contribution in [1.82, 2.24) is 0 Å². The van der Waals surface area contributed by atoms with Crippen LogP contribution in [-0.4, -0.2) is 11.9 Å². The lowest BCUT2D eigenvalue weighted by atomic mass is 10.2. The number of hydrogen-bond donors (Lipinski definition) is 0. The third-order valence-corrected chi connectivity index (χ3v) is 3.18. The van der Waals surface area contributed by atoms with Gasteiger partial charge in [-0.25, -0.2) is 0 Å². The van der Waals surface area contributed by atoms with Gasteiger partial charge in [0.1, 0.15) is 6.61 Å². The van der Waals surface area contributed by atoms with Crippen LogP contribution in [0.4, 0.5) is 0 Å². The summed E-state index contributed by atoms with van der Waals surface area (Å²) in [6.07, 6.45) is 0.979. The molecule has 0 N–H and O–H groups in total. The molecule has 3 heteroatoms. The van der Waals surface area contributed by atoms with Crippen molar-refractivity contribution in [1.29, 1.82) is 0 Å². The Kier molecular flexibility index (Phi) is 5.76. The number of alkyl halides is 1. The Morgan fingerprint density at radius 1 is 0.789 bits per heavy atom. The summed E-state index contributed by atoms with van der Waals surface area (Å²) in [5.74, 6) is 1.60. The number of hydrogen-bond acceptors (Lipinski definition) is 2. The largest absolute Gasteiger partial charge is 0.490 e. The second-order valence-electron chi connectivity index (χ2n) is 4.11. The number of para-hydroxylation sites is 2. The molecular formula is C16H17BrO2. The van der Waals surface area contributed by atoms with E-state index in [0.29, 0.717) is 13.2 Å². The van der Waals surface area contributed by atoms with Gasteiger partial charge in [0, 0.05) is 5.33 Å². The van der Waals surface area contributed by atoms with E-state index in [4.69, 9.17) is 9.47 Å². The lowest BCUT2D eigenvalue weighted by Gasteiger charge is -2.12. The molecule has 2 nitrogen and oxygen atoms in total. The zero-order valence-corrected chi connectivity index (χ0v) is 12.3. The molecule has 0 radical (unpaired) electrons. The van der Waals surface area contributed by atoms with Gasteiger partial charge in [0.2, 0.25) is 0 Å². The maximum atomic E-state index is 5.82. The minimum Gasteiger partial charge on any atom is -0.490 e. The third kappa shape index (κ3) is 4.60. The Morgan fingerprint density at radius 2 is 1.42 bits per heavy atom. The number of ether oxygens (including phenoxy) is 2. The highest BCUT2D eigenvalue weighted by atomic mass is 79.9. The zero-order valence-electron chi connectivity index (χ0n) is 10.7. The second kappa shape index (κ2) is 7.85. The maximum Gasteiger partial charge on any atom is 0.161 e. The molecule has 0 bridgehead atoms. The minimum absolute atomic E-state index is 0.555. The monoisotopic (exact) mass is 320 g/mol. The van der Waals surface area contributed by atoms with E-state index in [-0.39, 0.29) is 0 Å². The van der Waals surface area contributed by atoms with Crippen LogP contribution < -0.4 is 9.47 Å². The van der Waals surface area contributed by atoms with E-state index >= 15 is 0 Å². The zero-order chi connectivity index (χ0) is 13.3. The van der Waals surface area contributed by atoms with Crippen LogP contribution in [0.5, 0.6) is 11.5 Å². The Labute approximate surface area is 122 Å². The van der Waals surface area contributed by atoms with Crippen LogP contribution >= 0.6 is 15.9 Å². The fourth-order valence-corrected chi connectivity index (χ4v) is 1.89. The topological polar surface area (TPSA) is 18.5 Å². The van der Waals surface area contributed by atoms with E-state index in [0.717, 1.165) is 28.8 Å². The van der Waals surface area contributed by atoms with Crippen LogP contribution in [0, 0.1) is 0 Å². The van der Waals surface area contributed by atoms with Crippen LogP contribution in [0.3, 0.4) is 0 Å². The standard InChI is InChI=1S/C16H17BrO2/c17-11-6-12-18-15-9-4-5-10-16(15)19-13-14-7-2-1-3-8-14/h1-5,7-10H,6,11-13H2. The molecule has 19 heavy (non-hydrogen) atoms. The normalized spacial score (nSPS) is 10.2. The molecule has 0 fully saturated rings. The molecule has 0 atom stereocenters. The molecule has 2 aromatic carbocycles. The smallest absolute Gasteiger partial charge is 0.161 e. The van der Waals surface area contributed by atoms with Crippen LogP contribution in [0.15, 0.2) is 54.6 Å². The van der Waals surface area contributed by atoms with E-state index in [1.54, 1.807) is 0 Å². The number of rotatable bonds is 7. The van der Waals surface area contributed by atoms with E-state index in [9.17, 15) is 0 Å². The molecule has 0 aliphatic carbocycles. The summed E-state index contributed by atoms with van der Waals surface area (Å²) < 4.78 is 11.5. The van der Waals surface area contributed by atoms with Gasteiger partial charge in [0.25, 0.3) is 0 Å². The summed E-state index contributed by atoms with van der Waals surface area (Å²) in [4.78, 5) is 0. The third-order valence-electron chi connectivity index (χ3n) is 2.62. The summed E-state index contributed by atoms with van der Waals surface area (Å²) >= 11 is 3.39. The van der Waals surface area contributed by atoms with Gasteiger partial charge < -0.3 is 9.47 Å². The first kappa shape index (κ1) is 13.9. The van der Waals surface area contributed by atoms with Gasteiger partial charge in [0.15, 0.2) is 11.5 Å². The molecule has 0 aliphatic rings. The molecule has 0 unspecified atom stereocenters. The van der Waals surface area contributed by atoms with Crippen molar-refractivity contribution in [3.8, 4) is 11.5 Å². The number of benzene rings is 2. The quantitative estimate of drug-likeness (QED) is 0.555. The molecule has 2 rings (SSSR count). The summed E-state index contributed by atoms with van der Waals surface area (Å²) in [5, 5.41) is 0.944. The molecule has 0 amide bonds. The van der Waals surface area contributed by atoms with Crippen LogP contribution in [0.25, 0.3) is 0 Å². The first-order valence-corrected chi connectivity index (χ1v) is 7.47. The van der Waals surface area contributed by atoms with Crippen molar-refractivity contribution in [3.05, 3.63) is 60.2 Å². The van der Waals surface area contributed by atoms with E-state index in [1.807, 2.05) is 54.6 Å². The molecule has 0 saturated heterocycles. The minimum atomic E-state index is 0.555. The van der Waals surface area contributed by atoms with Gasteiger partial charge in [0.05, 0.1) is 6.61 Å². The molecular weight excluding hydrogens is 304 g/mol. The first-order chi connectivity index (χ1) is 9.40. The van der Waals surface area contributed by atoms with Crippen molar-refractivity contribution >= 4 is 15.9 Å². The molecule has 0 aromatic heterocycles. The van der Waals surface area contributed by atoms with Gasteiger partial charge in [-0.05, 0) is 24.1 Å². The highest BCUT2D eigenvalue weighted by Gasteiger charge is 2.04. The molecule has 2 aromatic rings. The van der Waals surface area contributed by atoms with E-state index in [1.165, 1.54) is 0 Å². The Hall–Kier alpha value is -1.48. The van der Waals surface area contributed by atoms with Gasteiger partial charge in [-0.3, -0.25) is 0 Å². The Bertz CT molecular complexity index is 485. The summed E-state index contributed by atoms with van der Waals surface area (Å²) in [6, 6.07) is 17.9. The summed E-state index contributed by atoms with van der Waals surface area (Å²) in [5.41, 5.74) is 1.15. The fraction of sp³-hybridized carbons (Fsp3) is 0.250. The Morgan fingerprint density at radius 3 is 2.11 bits per heavy atom.